The number of benzene rings is 4. The summed E-state index contributed by atoms with van der Waals surface area (Å²) in [6.45, 7) is 9.26. The molecule has 1 aliphatic carbocycles. The predicted octanol–water partition coefficient (Wildman–Crippen LogP) is 3.12. The van der Waals surface area contributed by atoms with Crippen LogP contribution in [0.5, 0.6) is 0 Å². The Bertz CT molecular complexity index is 1320. The van der Waals surface area contributed by atoms with E-state index in [1.807, 2.05) is 30.3 Å². The van der Waals surface area contributed by atoms with Crippen LogP contribution in [0.1, 0.15) is 61.1 Å². The molecule has 0 atom stereocenters. The molecule has 0 N–H and O–H groups in total. The van der Waals surface area contributed by atoms with E-state index in [2.05, 4.69) is 125 Å². The van der Waals surface area contributed by atoms with Crippen LogP contribution in [0.25, 0.3) is 11.1 Å². The molecule has 3 heteroatoms. The Morgan fingerprint density at radius 1 is 0.590 bits per heavy atom. The molecule has 6 rings (SSSR count). The molecule has 0 bridgehead atoms. The average Bonchev–Trinajstić information content (AvgIpc) is 3.61. The zero-order valence-corrected chi connectivity index (χ0v) is 27.0. The molecule has 0 saturated carbocycles. The van der Waals surface area contributed by atoms with Crippen molar-refractivity contribution in [3.63, 3.8) is 0 Å². The van der Waals surface area contributed by atoms with Crippen LogP contribution in [0.2, 0.25) is 0 Å². The van der Waals surface area contributed by atoms with E-state index in [0.29, 0.717) is 0 Å². The second kappa shape index (κ2) is 13.9. The van der Waals surface area contributed by atoms with E-state index in [-0.39, 0.29) is 61.8 Å². The summed E-state index contributed by atoms with van der Waals surface area (Å²) in [4.78, 5) is 0. The molecular formula is C36H34Cl2Zr. The van der Waals surface area contributed by atoms with Crippen LogP contribution in [0, 0.1) is 6.07 Å². The molecule has 5 aromatic carbocycles. The summed E-state index contributed by atoms with van der Waals surface area (Å²) in [5.74, 6) is 0. The van der Waals surface area contributed by atoms with Gasteiger partial charge in [0.1, 0.15) is 0 Å². The van der Waals surface area contributed by atoms with Gasteiger partial charge in [0.2, 0.25) is 0 Å². The Hall–Kier alpha value is -2.31. The van der Waals surface area contributed by atoms with Gasteiger partial charge in [-0.05, 0) is 28.5 Å². The van der Waals surface area contributed by atoms with E-state index >= 15 is 0 Å². The Morgan fingerprint density at radius 3 is 1.62 bits per heavy atom. The Morgan fingerprint density at radius 2 is 1.10 bits per heavy atom. The summed E-state index contributed by atoms with van der Waals surface area (Å²) in [5.41, 5.74) is 10.7. The summed E-state index contributed by atoms with van der Waals surface area (Å²) in [6.07, 6.45) is 0.975. The number of hydrogen-bond donors (Lipinski definition) is 0. The maximum Gasteiger partial charge on any atom is 4.00 e. The van der Waals surface area contributed by atoms with E-state index in [1.165, 1.54) is 44.5 Å². The van der Waals surface area contributed by atoms with Crippen molar-refractivity contribution in [1.82, 2.24) is 0 Å². The molecule has 0 aliphatic heterocycles. The van der Waals surface area contributed by atoms with Gasteiger partial charge in [0.25, 0.3) is 0 Å². The van der Waals surface area contributed by atoms with Crippen molar-refractivity contribution in [3.05, 3.63) is 161 Å². The molecule has 0 unspecified atom stereocenters. The summed E-state index contributed by atoms with van der Waals surface area (Å²) >= 11 is 0. The molecule has 196 valence electrons. The van der Waals surface area contributed by atoms with Gasteiger partial charge >= 0.3 is 26.2 Å². The third-order valence-electron chi connectivity index (χ3n) is 7.78. The summed E-state index contributed by atoms with van der Waals surface area (Å²) < 4.78 is 0. The predicted molar refractivity (Wildman–Crippen MR) is 153 cm³/mol. The van der Waals surface area contributed by atoms with E-state index in [1.54, 1.807) is 0 Å². The number of fused-ring (bicyclic) bond motifs is 3. The molecule has 0 spiro atoms. The number of halogens is 2. The molecule has 0 radical (unpaired) electrons. The first-order valence-corrected chi connectivity index (χ1v) is 12.8. The summed E-state index contributed by atoms with van der Waals surface area (Å²) in [5, 5.41) is 0. The van der Waals surface area contributed by atoms with Crippen LogP contribution in [-0.2, 0) is 43.5 Å². The van der Waals surface area contributed by atoms with Crippen molar-refractivity contribution in [2.24, 2.45) is 0 Å². The fourth-order valence-corrected chi connectivity index (χ4v) is 5.20. The minimum absolute atomic E-state index is 0. The first-order valence-electron chi connectivity index (χ1n) is 12.8. The van der Waals surface area contributed by atoms with Crippen LogP contribution in [0.4, 0.5) is 0 Å². The SMILES string of the molecule is CC(C)(c1ccccc1)c1c[c-]c2c(c1)-c1cc(C(C)(C)c3ccccc3)ccc1C2.[Cl-].[Cl-].[Zr+4].c1cc[cH-]c1. The topological polar surface area (TPSA) is 0 Å². The molecule has 0 saturated heterocycles. The maximum absolute atomic E-state index is 3.63. The van der Waals surface area contributed by atoms with Gasteiger partial charge in [0, 0.05) is 5.41 Å². The van der Waals surface area contributed by atoms with Crippen LogP contribution in [0.15, 0.2) is 121 Å². The van der Waals surface area contributed by atoms with Gasteiger partial charge in [0.15, 0.2) is 0 Å². The number of rotatable bonds is 4. The van der Waals surface area contributed by atoms with Crippen molar-refractivity contribution >= 4 is 0 Å². The van der Waals surface area contributed by atoms with Crippen LogP contribution in [0.3, 0.4) is 0 Å². The van der Waals surface area contributed by atoms with Crippen molar-refractivity contribution < 1.29 is 51.0 Å². The second-order valence-corrected chi connectivity index (χ2v) is 10.8. The molecule has 39 heavy (non-hydrogen) atoms. The van der Waals surface area contributed by atoms with E-state index in [9.17, 15) is 0 Å². The van der Waals surface area contributed by atoms with Gasteiger partial charge in [-0.3, -0.25) is 0 Å². The first-order chi connectivity index (χ1) is 17.4. The fraction of sp³-hybridized carbons (Fsp3) is 0.194. The summed E-state index contributed by atoms with van der Waals surface area (Å²) in [7, 11) is 0. The fourth-order valence-electron chi connectivity index (χ4n) is 5.20. The van der Waals surface area contributed by atoms with Crippen LogP contribution < -0.4 is 24.8 Å². The van der Waals surface area contributed by atoms with Crippen LogP contribution in [-0.4, -0.2) is 0 Å². The third-order valence-corrected chi connectivity index (χ3v) is 7.78. The van der Waals surface area contributed by atoms with Gasteiger partial charge in [-0.25, -0.2) is 12.1 Å². The largest absolute Gasteiger partial charge is 4.00 e. The normalized spacial score (nSPS) is 11.4. The Labute approximate surface area is 266 Å². The third kappa shape index (κ3) is 6.89. The molecular weight excluding hydrogens is 595 g/mol. The molecule has 1 aliphatic rings. The molecule has 0 aromatic heterocycles. The van der Waals surface area contributed by atoms with E-state index in [0.717, 1.165) is 6.42 Å². The first kappa shape index (κ1) is 32.9. The minimum atomic E-state index is -0.0591. The second-order valence-electron chi connectivity index (χ2n) is 10.8. The standard InChI is InChI=1S/C31H29.C5H5.2ClH.Zr/c1-30(2,24-11-7-5-8-12-24)26-17-15-22-19-23-16-18-27(21-29(23)28(22)20-26)31(3,4)25-13-9-6-10-14-25;1-2-4-5-3-1;;;/h5-15,17-18,20-21H,19H2,1-4H3;1-5H;2*1H;/q2*-1;;;+4/p-2. The maximum atomic E-state index is 3.63. The Kier molecular flexibility index (Phi) is 11.7. The van der Waals surface area contributed by atoms with Gasteiger partial charge in [-0.1, -0.05) is 118 Å². The van der Waals surface area contributed by atoms with Gasteiger partial charge < -0.3 is 24.8 Å². The molecule has 0 heterocycles. The van der Waals surface area contributed by atoms with Gasteiger partial charge in [-0.15, -0.1) is 11.1 Å². The summed E-state index contributed by atoms with van der Waals surface area (Å²) in [6, 6.07) is 46.9. The van der Waals surface area contributed by atoms with Crippen molar-refractivity contribution in [3.8, 4) is 11.1 Å². The van der Waals surface area contributed by atoms with Crippen molar-refractivity contribution in [1.29, 1.82) is 0 Å². The smallest absolute Gasteiger partial charge is 1.00 e. The molecule has 0 fully saturated rings. The van der Waals surface area contributed by atoms with E-state index < -0.39 is 0 Å². The van der Waals surface area contributed by atoms with Gasteiger partial charge in [0.05, 0.1) is 0 Å². The zero-order chi connectivity index (χ0) is 25.2. The zero-order valence-electron chi connectivity index (χ0n) is 23.0. The quantitative estimate of drug-likeness (QED) is 0.264. The van der Waals surface area contributed by atoms with E-state index in [4.69, 9.17) is 0 Å². The average molecular weight is 629 g/mol. The molecule has 0 nitrogen and oxygen atoms in total. The molecule has 5 aromatic rings. The minimum Gasteiger partial charge on any atom is -1.00 e. The monoisotopic (exact) mass is 626 g/mol. The Balaban J connectivity index is 0.000000603. The molecule has 0 amide bonds. The van der Waals surface area contributed by atoms with Gasteiger partial charge in [-0.2, -0.15) is 42.0 Å². The number of hydrogen-bond acceptors (Lipinski definition) is 0. The van der Waals surface area contributed by atoms with Crippen LogP contribution >= 0.6 is 0 Å². The van der Waals surface area contributed by atoms with Crippen molar-refractivity contribution in [2.75, 3.05) is 0 Å². The van der Waals surface area contributed by atoms with Crippen molar-refractivity contribution in [2.45, 2.75) is 44.9 Å².